The van der Waals surface area contributed by atoms with Crippen LogP contribution in [-0.2, 0) is 0 Å². The summed E-state index contributed by atoms with van der Waals surface area (Å²) in [5, 5.41) is 15.3. The summed E-state index contributed by atoms with van der Waals surface area (Å²) in [5.74, 6) is 0.411. The van der Waals surface area contributed by atoms with Crippen molar-refractivity contribution in [3.8, 4) is 28.2 Å². The Morgan fingerprint density at radius 2 is 1.56 bits per heavy atom. The van der Waals surface area contributed by atoms with Gasteiger partial charge in [-0.2, -0.15) is 5.10 Å². The number of halogens is 1. The van der Waals surface area contributed by atoms with E-state index in [2.05, 4.69) is 78.5 Å². The van der Waals surface area contributed by atoms with E-state index in [1.54, 1.807) is 6.21 Å². The monoisotopic (exact) mass is 537 g/mol. The molecule has 0 unspecified atom stereocenters. The molecular weight excluding hydrogens is 518 g/mol. The fourth-order valence-electron chi connectivity index (χ4n) is 3.93. The van der Waals surface area contributed by atoms with Gasteiger partial charge in [-0.05, 0) is 47.5 Å². The van der Waals surface area contributed by atoms with Crippen molar-refractivity contribution < 1.29 is 4.92 Å². The van der Waals surface area contributed by atoms with Gasteiger partial charge in [-0.25, -0.2) is 4.98 Å². The minimum atomic E-state index is -0.484. The average Bonchev–Trinajstić information content (AvgIpc) is 3.30. The predicted octanol–water partition coefficient (Wildman–Crippen LogP) is 7.32. The van der Waals surface area contributed by atoms with Crippen molar-refractivity contribution in [1.29, 1.82) is 0 Å². The molecule has 0 saturated heterocycles. The van der Waals surface area contributed by atoms with Crippen LogP contribution in [0.25, 0.3) is 28.2 Å². The number of aromatic nitrogens is 2. The second-order valence-corrected chi connectivity index (χ2v) is 8.82. The zero-order chi connectivity index (χ0) is 24.9. The number of nitrogens with one attached hydrogen (secondary N) is 1. The summed E-state index contributed by atoms with van der Waals surface area (Å²) < 4.78 is 3.23. The number of pyridine rings is 1. The van der Waals surface area contributed by atoms with E-state index in [9.17, 15) is 10.1 Å². The summed E-state index contributed by atoms with van der Waals surface area (Å²) in [6, 6.07) is 33.6. The molecule has 0 aliphatic heterocycles. The Morgan fingerprint density at radius 3 is 2.17 bits per heavy atom. The minimum absolute atomic E-state index is 0.0741. The number of hydrogen-bond donors (Lipinski definition) is 1. The number of benzene rings is 3. The van der Waals surface area contributed by atoms with Crippen molar-refractivity contribution in [3.63, 3.8) is 0 Å². The first kappa shape index (κ1) is 23.2. The highest BCUT2D eigenvalue weighted by Gasteiger charge is 2.18. The topological polar surface area (TPSA) is 85.4 Å². The number of hydrogen-bond acceptors (Lipinski definition) is 5. The van der Waals surface area contributed by atoms with Gasteiger partial charge in [0.2, 0.25) is 0 Å². The third kappa shape index (κ3) is 4.94. The third-order valence-corrected chi connectivity index (χ3v) is 6.10. The van der Waals surface area contributed by atoms with Crippen LogP contribution in [0.4, 0.5) is 11.5 Å². The van der Waals surface area contributed by atoms with Gasteiger partial charge in [0, 0.05) is 21.8 Å². The summed E-state index contributed by atoms with van der Waals surface area (Å²) >= 11 is 3.54. The van der Waals surface area contributed by atoms with Crippen molar-refractivity contribution in [3.05, 3.63) is 129 Å². The van der Waals surface area contributed by atoms with Crippen molar-refractivity contribution >= 4 is 33.6 Å². The van der Waals surface area contributed by atoms with E-state index in [-0.39, 0.29) is 5.69 Å². The number of nitrogens with zero attached hydrogens (tertiary/aromatic N) is 4. The van der Waals surface area contributed by atoms with E-state index < -0.39 is 4.92 Å². The molecule has 5 aromatic rings. The van der Waals surface area contributed by atoms with E-state index in [0.717, 1.165) is 38.2 Å². The highest BCUT2D eigenvalue weighted by atomic mass is 79.9. The van der Waals surface area contributed by atoms with Crippen molar-refractivity contribution in [2.45, 2.75) is 0 Å². The average molecular weight is 538 g/mol. The quantitative estimate of drug-likeness (QED) is 0.134. The molecule has 2 heterocycles. The Bertz CT molecular complexity index is 1510. The zero-order valence-corrected chi connectivity index (χ0v) is 20.5. The number of nitro groups is 1. The molecule has 0 bridgehead atoms. The molecule has 0 fully saturated rings. The molecule has 7 nitrogen and oxygen atoms in total. The molecule has 0 aliphatic carbocycles. The fraction of sp³-hybridized carbons (Fsp3) is 0. The Kier molecular flexibility index (Phi) is 6.68. The van der Waals surface area contributed by atoms with Gasteiger partial charge in [0.05, 0.1) is 22.5 Å². The summed E-state index contributed by atoms with van der Waals surface area (Å²) in [7, 11) is 0. The van der Waals surface area contributed by atoms with Gasteiger partial charge in [-0.1, -0.05) is 76.6 Å². The Balaban J connectivity index is 1.63. The first-order chi connectivity index (χ1) is 17.6. The van der Waals surface area contributed by atoms with Crippen molar-refractivity contribution in [2.24, 2.45) is 5.10 Å². The summed E-state index contributed by atoms with van der Waals surface area (Å²) in [5.41, 5.74) is 8.83. The maximum atomic E-state index is 10.9. The Labute approximate surface area is 216 Å². The van der Waals surface area contributed by atoms with Gasteiger partial charge in [0.25, 0.3) is 5.69 Å². The lowest BCUT2D eigenvalue weighted by molar-refractivity contribution is -0.385. The number of anilines is 1. The summed E-state index contributed by atoms with van der Waals surface area (Å²) in [6.45, 7) is 0. The van der Waals surface area contributed by atoms with Crippen LogP contribution < -0.4 is 5.43 Å². The van der Waals surface area contributed by atoms with Gasteiger partial charge in [-0.15, -0.1) is 0 Å². The van der Waals surface area contributed by atoms with E-state index in [0.29, 0.717) is 5.82 Å². The summed E-state index contributed by atoms with van der Waals surface area (Å²) in [4.78, 5) is 14.5. The molecule has 36 heavy (non-hydrogen) atoms. The SMILES string of the molecule is O=[N+]([O-])c1ccc(NN=Cc2cc(-c3ccccc3)n(-c3ccc(Br)cc3)c2-c2ccccc2)nc1. The van der Waals surface area contributed by atoms with Crippen LogP contribution in [0.2, 0.25) is 0 Å². The lowest BCUT2D eigenvalue weighted by Gasteiger charge is -2.15. The first-order valence-corrected chi connectivity index (χ1v) is 11.9. The molecule has 5 rings (SSSR count). The molecule has 0 saturated carbocycles. The van der Waals surface area contributed by atoms with E-state index in [1.165, 1.54) is 18.3 Å². The van der Waals surface area contributed by atoms with Crippen LogP contribution in [0.3, 0.4) is 0 Å². The van der Waals surface area contributed by atoms with Gasteiger partial charge in [-0.3, -0.25) is 15.5 Å². The zero-order valence-electron chi connectivity index (χ0n) is 19.0. The van der Waals surface area contributed by atoms with Gasteiger partial charge < -0.3 is 4.57 Å². The molecule has 0 atom stereocenters. The van der Waals surface area contributed by atoms with Crippen LogP contribution in [0.15, 0.2) is 119 Å². The number of rotatable bonds is 7. The van der Waals surface area contributed by atoms with E-state index in [4.69, 9.17) is 0 Å². The second kappa shape index (κ2) is 10.4. The molecule has 8 heteroatoms. The molecule has 2 aromatic heterocycles. The predicted molar refractivity (Wildman–Crippen MR) is 146 cm³/mol. The molecule has 0 aliphatic rings. The highest BCUT2D eigenvalue weighted by Crippen LogP contribution is 2.35. The minimum Gasteiger partial charge on any atom is -0.309 e. The Morgan fingerprint density at radius 1 is 0.889 bits per heavy atom. The molecule has 176 valence electrons. The molecule has 0 radical (unpaired) electrons. The van der Waals surface area contributed by atoms with Crippen LogP contribution >= 0.6 is 15.9 Å². The molecule has 0 spiro atoms. The fourth-order valence-corrected chi connectivity index (χ4v) is 4.19. The maximum Gasteiger partial charge on any atom is 0.287 e. The normalized spacial score (nSPS) is 11.0. The van der Waals surface area contributed by atoms with Gasteiger partial charge >= 0.3 is 0 Å². The molecule has 1 N–H and O–H groups in total. The lowest BCUT2D eigenvalue weighted by atomic mass is 10.1. The van der Waals surface area contributed by atoms with E-state index in [1.807, 2.05) is 48.5 Å². The largest absolute Gasteiger partial charge is 0.309 e. The highest BCUT2D eigenvalue weighted by molar-refractivity contribution is 9.10. The van der Waals surface area contributed by atoms with E-state index >= 15 is 0 Å². The first-order valence-electron chi connectivity index (χ1n) is 11.1. The van der Waals surface area contributed by atoms with Crippen LogP contribution in [-0.4, -0.2) is 20.7 Å². The standard InChI is InChI=1S/C28H20BrN5O2/c29-23-11-13-24(14-12-23)33-26(20-7-3-1-4-8-20)17-22(28(33)21-9-5-2-6-10-21)18-31-32-27-16-15-25(19-30-27)34(35)36/h1-19H,(H,30,32). The third-order valence-electron chi connectivity index (χ3n) is 5.57. The molecule has 0 amide bonds. The van der Waals surface area contributed by atoms with Crippen LogP contribution in [0, 0.1) is 10.1 Å². The van der Waals surface area contributed by atoms with Crippen LogP contribution in [0.1, 0.15) is 5.56 Å². The Hall–Kier alpha value is -4.56. The number of hydrazone groups is 1. The summed E-state index contributed by atoms with van der Waals surface area (Å²) in [6.07, 6.45) is 2.94. The molecular formula is C28H20BrN5O2. The molecule has 3 aromatic carbocycles. The van der Waals surface area contributed by atoms with Gasteiger partial charge in [0.1, 0.15) is 12.0 Å². The lowest BCUT2D eigenvalue weighted by Crippen LogP contribution is -2.01. The van der Waals surface area contributed by atoms with Crippen LogP contribution in [0.5, 0.6) is 0 Å². The van der Waals surface area contributed by atoms with Crippen molar-refractivity contribution in [2.75, 3.05) is 5.43 Å². The second-order valence-electron chi connectivity index (χ2n) is 7.91. The maximum absolute atomic E-state index is 10.9. The van der Waals surface area contributed by atoms with Gasteiger partial charge in [0.15, 0.2) is 0 Å². The smallest absolute Gasteiger partial charge is 0.287 e. The van der Waals surface area contributed by atoms with Crippen molar-refractivity contribution in [1.82, 2.24) is 9.55 Å².